The lowest BCUT2D eigenvalue weighted by molar-refractivity contribution is 0.305. The molecule has 0 amide bonds. The molecule has 1 aliphatic rings. The van der Waals surface area contributed by atoms with Crippen LogP contribution in [0, 0.1) is 19.8 Å². The van der Waals surface area contributed by atoms with Gasteiger partial charge in [-0.05, 0) is 33.2 Å². The molecule has 17 heavy (non-hydrogen) atoms. The molecule has 1 aromatic rings. The maximum Gasteiger partial charge on any atom is 0.110 e. The third kappa shape index (κ3) is 3.29. The van der Waals surface area contributed by atoms with Crippen molar-refractivity contribution in [3.05, 3.63) is 15.6 Å². The van der Waals surface area contributed by atoms with E-state index in [1.54, 1.807) is 0 Å². The fourth-order valence-electron chi connectivity index (χ4n) is 2.74. The Morgan fingerprint density at radius 2 is 2.00 bits per heavy atom. The summed E-state index contributed by atoms with van der Waals surface area (Å²) in [6.45, 7) is 4.28. The molecule has 1 N–H and O–H groups in total. The minimum Gasteiger partial charge on any atom is -0.311 e. The molecule has 1 heterocycles. The molecule has 0 bridgehead atoms. The second-order valence-corrected chi connectivity index (χ2v) is 6.51. The molecule has 0 aliphatic heterocycles. The number of aryl methyl sites for hydroxylation is 2. The topological polar surface area (TPSA) is 24.9 Å². The van der Waals surface area contributed by atoms with Gasteiger partial charge in [0.25, 0.3) is 0 Å². The average molecular weight is 252 g/mol. The van der Waals surface area contributed by atoms with Crippen LogP contribution in [0.1, 0.15) is 60.1 Å². The van der Waals surface area contributed by atoms with Gasteiger partial charge in [-0.15, -0.1) is 11.3 Å². The van der Waals surface area contributed by atoms with Crippen LogP contribution in [-0.4, -0.2) is 12.0 Å². The van der Waals surface area contributed by atoms with E-state index in [-0.39, 0.29) is 0 Å². The summed E-state index contributed by atoms with van der Waals surface area (Å²) in [6, 6.07) is 0.468. The zero-order valence-corrected chi connectivity index (χ0v) is 12.1. The lowest BCUT2D eigenvalue weighted by Gasteiger charge is -2.25. The van der Waals surface area contributed by atoms with Crippen LogP contribution in [0.2, 0.25) is 0 Å². The van der Waals surface area contributed by atoms with Gasteiger partial charge in [-0.3, -0.25) is 0 Å². The highest BCUT2D eigenvalue weighted by Crippen LogP contribution is 2.33. The number of nitrogens with zero attached hydrogens (tertiary/aromatic N) is 1. The average Bonchev–Trinajstić information content (AvgIpc) is 2.68. The Bertz CT molecular complexity index is 334. The van der Waals surface area contributed by atoms with Gasteiger partial charge in [0.05, 0.1) is 11.7 Å². The van der Waals surface area contributed by atoms with E-state index in [2.05, 4.69) is 26.2 Å². The highest BCUT2D eigenvalue weighted by molar-refractivity contribution is 7.11. The molecule has 0 radical (unpaired) electrons. The molecule has 0 aromatic carbocycles. The Morgan fingerprint density at radius 1 is 1.29 bits per heavy atom. The Kier molecular flexibility index (Phi) is 4.57. The number of hydrogen-bond donors (Lipinski definition) is 1. The zero-order chi connectivity index (χ0) is 12.3. The first kappa shape index (κ1) is 13.0. The largest absolute Gasteiger partial charge is 0.311 e. The summed E-state index contributed by atoms with van der Waals surface area (Å²) in [6.07, 6.45) is 8.40. The van der Waals surface area contributed by atoms with Crippen LogP contribution in [0.5, 0.6) is 0 Å². The van der Waals surface area contributed by atoms with E-state index in [0.717, 1.165) is 5.92 Å². The minimum absolute atomic E-state index is 0.468. The Morgan fingerprint density at radius 3 is 2.53 bits per heavy atom. The van der Waals surface area contributed by atoms with E-state index in [0.29, 0.717) is 6.04 Å². The van der Waals surface area contributed by atoms with Crippen LogP contribution in [0.15, 0.2) is 0 Å². The van der Waals surface area contributed by atoms with Crippen LogP contribution in [-0.2, 0) is 0 Å². The second-order valence-electron chi connectivity index (χ2n) is 5.27. The maximum atomic E-state index is 4.70. The van der Waals surface area contributed by atoms with Crippen molar-refractivity contribution in [2.75, 3.05) is 7.05 Å². The normalized spacial score (nSPS) is 19.5. The SMILES string of the molecule is CNC(CC1CCCCC1)c1nc(C)c(C)s1. The number of aromatic nitrogens is 1. The third-order valence-corrected chi connectivity index (χ3v) is 5.17. The van der Waals surface area contributed by atoms with Gasteiger partial charge in [0, 0.05) is 4.88 Å². The molecule has 1 aliphatic carbocycles. The van der Waals surface area contributed by atoms with Crippen molar-refractivity contribution in [1.82, 2.24) is 10.3 Å². The second kappa shape index (κ2) is 5.96. The molecule has 0 saturated heterocycles. The fourth-order valence-corrected chi connectivity index (χ4v) is 3.79. The highest BCUT2D eigenvalue weighted by atomic mass is 32.1. The quantitative estimate of drug-likeness (QED) is 0.876. The molecule has 2 nitrogen and oxygen atoms in total. The van der Waals surface area contributed by atoms with E-state index >= 15 is 0 Å². The Hall–Kier alpha value is -0.410. The monoisotopic (exact) mass is 252 g/mol. The first-order chi connectivity index (χ1) is 8.20. The van der Waals surface area contributed by atoms with Gasteiger partial charge >= 0.3 is 0 Å². The van der Waals surface area contributed by atoms with Crippen molar-refractivity contribution in [1.29, 1.82) is 0 Å². The molecule has 1 saturated carbocycles. The van der Waals surface area contributed by atoms with Gasteiger partial charge in [-0.1, -0.05) is 32.1 Å². The predicted molar refractivity (Wildman–Crippen MR) is 74.6 cm³/mol. The lowest BCUT2D eigenvalue weighted by Crippen LogP contribution is -2.21. The van der Waals surface area contributed by atoms with Crippen molar-refractivity contribution in [3.8, 4) is 0 Å². The smallest absolute Gasteiger partial charge is 0.110 e. The summed E-state index contributed by atoms with van der Waals surface area (Å²) >= 11 is 1.86. The number of nitrogens with one attached hydrogen (secondary N) is 1. The Balaban J connectivity index is 2.00. The lowest BCUT2D eigenvalue weighted by atomic mass is 9.85. The molecular weight excluding hydrogens is 228 g/mol. The van der Waals surface area contributed by atoms with Crippen LogP contribution >= 0.6 is 11.3 Å². The predicted octanol–water partition coefficient (Wildman–Crippen LogP) is 3.99. The molecule has 96 valence electrons. The molecule has 2 rings (SSSR count). The minimum atomic E-state index is 0.468. The summed E-state index contributed by atoms with van der Waals surface area (Å²) in [5.74, 6) is 0.908. The van der Waals surface area contributed by atoms with E-state index in [1.807, 2.05) is 11.3 Å². The number of thiazole rings is 1. The Labute approximate surface area is 109 Å². The van der Waals surface area contributed by atoms with Gasteiger partial charge < -0.3 is 5.32 Å². The van der Waals surface area contributed by atoms with Gasteiger partial charge in [-0.2, -0.15) is 0 Å². The van der Waals surface area contributed by atoms with Crippen molar-refractivity contribution in [2.24, 2.45) is 5.92 Å². The molecule has 3 heteroatoms. The molecule has 1 unspecified atom stereocenters. The zero-order valence-electron chi connectivity index (χ0n) is 11.3. The van der Waals surface area contributed by atoms with Crippen LogP contribution in [0.25, 0.3) is 0 Å². The molecule has 1 aromatic heterocycles. The summed E-state index contributed by atoms with van der Waals surface area (Å²) < 4.78 is 0. The van der Waals surface area contributed by atoms with Crippen molar-refractivity contribution in [3.63, 3.8) is 0 Å². The van der Waals surface area contributed by atoms with E-state index in [9.17, 15) is 0 Å². The molecule has 0 spiro atoms. The van der Waals surface area contributed by atoms with E-state index < -0.39 is 0 Å². The molecule has 1 fully saturated rings. The van der Waals surface area contributed by atoms with Gasteiger partial charge in [0.1, 0.15) is 5.01 Å². The van der Waals surface area contributed by atoms with Gasteiger partial charge in [-0.25, -0.2) is 4.98 Å². The van der Waals surface area contributed by atoms with Crippen molar-refractivity contribution < 1.29 is 0 Å². The standard InChI is InChI=1S/C14H24N2S/c1-10-11(2)17-14(16-10)13(15-3)9-12-7-5-4-6-8-12/h12-13,15H,4-9H2,1-3H3. The fraction of sp³-hybridized carbons (Fsp3) is 0.786. The van der Waals surface area contributed by atoms with Crippen LogP contribution < -0.4 is 5.32 Å². The van der Waals surface area contributed by atoms with Gasteiger partial charge in [0.15, 0.2) is 0 Å². The van der Waals surface area contributed by atoms with E-state index in [1.165, 1.54) is 54.1 Å². The highest BCUT2D eigenvalue weighted by Gasteiger charge is 2.21. The maximum absolute atomic E-state index is 4.70. The first-order valence-electron chi connectivity index (χ1n) is 6.82. The summed E-state index contributed by atoms with van der Waals surface area (Å²) in [5.41, 5.74) is 1.20. The van der Waals surface area contributed by atoms with Gasteiger partial charge in [0.2, 0.25) is 0 Å². The summed E-state index contributed by atoms with van der Waals surface area (Å²) in [5, 5.41) is 4.74. The first-order valence-corrected chi connectivity index (χ1v) is 7.63. The third-order valence-electron chi connectivity index (χ3n) is 3.99. The number of rotatable bonds is 4. The number of hydrogen-bond acceptors (Lipinski definition) is 3. The van der Waals surface area contributed by atoms with Crippen LogP contribution in [0.3, 0.4) is 0 Å². The van der Waals surface area contributed by atoms with E-state index in [4.69, 9.17) is 4.98 Å². The van der Waals surface area contributed by atoms with Crippen molar-refractivity contribution >= 4 is 11.3 Å². The molecular formula is C14H24N2S. The summed E-state index contributed by atoms with van der Waals surface area (Å²) in [4.78, 5) is 6.07. The van der Waals surface area contributed by atoms with Crippen molar-refractivity contribution in [2.45, 2.75) is 58.4 Å². The van der Waals surface area contributed by atoms with Crippen LogP contribution in [0.4, 0.5) is 0 Å². The summed E-state index contributed by atoms with van der Waals surface area (Å²) in [7, 11) is 2.07. The molecule has 1 atom stereocenters.